The highest BCUT2D eigenvalue weighted by Crippen LogP contribution is 2.23. The average molecular weight is 359 g/mol. The second-order valence-corrected chi connectivity index (χ2v) is 7.59. The number of piperidine rings is 1. The van der Waals surface area contributed by atoms with Crippen molar-refractivity contribution in [1.29, 1.82) is 0 Å². The summed E-state index contributed by atoms with van der Waals surface area (Å²) in [5, 5.41) is 10.5. The number of hydrogen-bond donors (Lipinski definition) is 1. The number of morpholine rings is 1. The Balaban J connectivity index is 1.39. The Bertz CT molecular complexity index is 609. The topological polar surface area (TPSA) is 56.3 Å². The normalized spacial score (nSPS) is 27.7. The molecule has 3 aliphatic rings. The Kier molecular flexibility index (Phi) is 5.43. The molecule has 0 spiro atoms. The SMILES string of the molecule is O=C(c1ccc(N2CCOCC2)cc1)N1C[C@@H](O)[C@H](N2CCCCC2)C1. The molecule has 142 valence electrons. The maximum atomic E-state index is 12.9. The number of rotatable bonds is 3. The molecule has 1 aromatic rings. The predicted molar refractivity (Wildman–Crippen MR) is 101 cm³/mol. The van der Waals surface area contributed by atoms with Crippen molar-refractivity contribution in [2.75, 3.05) is 57.4 Å². The minimum absolute atomic E-state index is 0.0251. The van der Waals surface area contributed by atoms with Crippen molar-refractivity contribution >= 4 is 11.6 Å². The van der Waals surface area contributed by atoms with E-state index < -0.39 is 6.10 Å². The second-order valence-electron chi connectivity index (χ2n) is 7.59. The molecule has 6 nitrogen and oxygen atoms in total. The molecule has 1 aromatic carbocycles. The quantitative estimate of drug-likeness (QED) is 0.879. The fourth-order valence-corrected chi connectivity index (χ4v) is 4.36. The monoisotopic (exact) mass is 359 g/mol. The molecule has 0 bridgehead atoms. The summed E-state index contributed by atoms with van der Waals surface area (Å²) >= 11 is 0. The standard InChI is InChI=1S/C20H29N3O3/c24-19-15-23(14-18(19)22-8-2-1-3-9-22)20(25)16-4-6-17(7-5-16)21-10-12-26-13-11-21/h4-7,18-19,24H,1-3,8-15H2/t18-,19-/m1/s1. The number of benzene rings is 1. The van der Waals surface area contributed by atoms with Crippen LogP contribution < -0.4 is 4.90 Å². The van der Waals surface area contributed by atoms with E-state index in [2.05, 4.69) is 9.80 Å². The highest BCUT2D eigenvalue weighted by molar-refractivity contribution is 5.94. The van der Waals surface area contributed by atoms with Gasteiger partial charge in [0.05, 0.1) is 25.4 Å². The van der Waals surface area contributed by atoms with Gasteiger partial charge in [0.1, 0.15) is 0 Å². The third-order valence-electron chi connectivity index (χ3n) is 5.90. The zero-order valence-electron chi connectivity index (χ0n) is 15.3. The molecule has 0 unspecified atom stereocenters. The van der Waals surface area contributed by atoms with Gasteiger partial charge in [0, 0.05) is 37.4 Å². The molecule has 0 saturated carbocycles. The Morgan fingerprint density at radius 1 is 0.962 bits per heavy atom. The summed E-state index contributed by atoms with van der Waals surface area (Å²) < 4.78 is 5.39. The largest absolute Gasteiger partial charge is 0.390 e. The highest BCUT2D eigenvalue weighted by Gasteiger charge is 2.38. The zero-order valence-corrected chi connectivity index (χ0v) is 15.3. The number of aliphatic hydroxyl groups excluding tert-OH is 1. The van der Waals surface area contributed by atoms with Gasteiger partial charge in [-0.05, 0) is 50.2 Å². The van der Waals surface area contributed by atoms with Gasteiger partial charge in [0.15, 0.2) is 0 Å². The molecule has 2 atom stereocenters. The number of nitrogens with zero attached hydrogens (tertiary/aromatic N) is 3. The molecule has 6 heteroatoms. The van der Waals surface area contributed by atoms with Gasteiger partial charge in [0.25, 0.3) is 5.91 Å². The summed E-state index contributed by atoms with van der Waals surface area (Å²) in [6.45, 7) is 6.44. The van der Waals surface area contributed by atoms with Gasteiger partial charge in [-0.15, -0.1) is 0 Å². The van der Waals surface area contributed by atoms with Crippen molar-refractivity contribution in [3.63, 3.8) is 0 Å². The van der Waals surface area contributed by atoms with E-state index >= 15 is 0 Å². The van der Waals surface area contributed by atoms with Crippen LogP contribution in [0.4, 0.5) is 5.69 Å². The lowest BCUT2D eigenvalue weighted by molar-refractivity contribution is 0.0702. The number of likely N-dealkylation sites (tertiary alicyclic amines) is 2. The van der Waals surface area contributed by atoms with Gasteiger partial charge in [-0.2, -0.15) is 0 Å². The van der Waals surface area contributed by atoms with Crippen LogP contribution in [0.25, 0.3) is 0 Å². The molecule has 3 saturated heterocycles. The van der Waals surface area contributed by atoms with Gasteiger partial charge >= 0.3 is 0 Å². The summed E-state index contributed by atoms with van der Waals surface area (Å²) in [4.78, 5) is 19.3. The number of amides is 1. The van der Waals surface area contributed by atoms with Crippen LogP contribution in [0.2, 0.25) is 0 Å². The van der Waals surface area contributed by atoms with Crippen LogP contribution in [0.1, 0.15) is 29.6 Å². The summed E-state index contributed by atoms with van der Waals surface area (Å²) in [6, 6.07) is 7.95. The number of aliphatic hydroxyl groups is 1. The lowest BCUT2D eigenvalue weighted by Gasteiger charge is -2.33. The number of ether oxygens (including phenoxy) is 1. The third kappa shape index (κ3) is 3.72. The van der Waals surface area contributed by atoms with Crippen molar-refractivity contribution in [2.24, 2.45) is 0 Å². The zero-order chi connectivity index (χ0) is 17.9. The highest BCUT2D eigenvalue weighted by atomic mass is 16.5. The van der Waals surface area contributed by atoms with Crippen LogP contribution in [0, 0.1) is 0 Å². The van der Waals surface area contributed by atoms with Crippen LogP contribution in [0.5, 0.6) is 0 Å². The number of carbonyl (C=O) groups is 1. The molecule has 1 amide bonds. The first-order chi connectivity index (χ1) is 12.7. The van der Waals surface area contributed by atoms with Gasteiger partial charge in [0.2, 0.25) is 0 Å². The molecule has 0 aliphatic carbocycles. The minimum atomic E-state index is -0.440. The molecule has 4 rings (SSSR count). The maximum absolute atomic E-state index is 12.9. The van der Waals surface area contributed by atoms with E-state index in [1.165, 1.54) is 19.3 Å². The summed E-state index contributed by atoms with van der Waals surface area (Å²) in [5.41, 5.74) is 1.84. The van der Waals surface area contributed by atoms with Crippen LogP contribution in [-0.2, 0) is 4.74 Å². The fourth-order valence-electron chi connectivity index (χ4n) is 4.36. The molecule has 3 aliphatic heterocycles. The fraction of sp³-hybridized carbons (Fsp3) is 0.650. The third-order valence-corrected chi connectivity index (χ3v) is 5.90. The van der Waals surface area contributed by atoms with Crippen LogP contribution in [0.15, 0.2) is 24.3 Å². The molecular weight excluding hydrogens is 330 g/mol. The van der Waals surface area contributed by atoms with Crippen molar-refractivity contribution < 1.29 is 14.6 Å². The maximum Gasteiger partial charge on any atom is 0.253 e. The van der Waals surface area contributed by atoms with E-state index in [1.807, 2.05) is 29.2 Å². The van der Waals surface area contributed by atoms with Crippen molar-refractivity contribution in [3.8, 4) is 0 Å². The molecule has 3 heterocycles. The van der Waals surface area contributed by atoms with Crippen molar-refractivity contribution in [3.05, 3.63) is 29.8 Å². The lowest BCUT2D eigenvalue weighted by atomic mass is 10.1. The van der Waals surface area contributed by atoms with E-state index in [0.29, 0.717) is 18.7 Å². The second kappa shape index (κ2) is 7.94. The van der Waals surface area contributed by atoms with Crippen LogP contribution >= 0.6 is 0 Å². The number of hydrogen-bond acceptors (Lipinski definition) is 5. The molecule has 0 aromatic heterocycles. The minimum Gasteiger partial charge on any atom is -0.390 e. The van der Waals surface area contributed by atoms with Crippen molar-refractivity contribution in [2.45, 2.75) is 31.4 Å². The average Bonchev–Trinajstić information content (AvgIpc) is 3.10. The van der Waals surface area contributed by atoms with E-state index in [4.69, 9.17) is 4.74 Å². The van der Waals surface area contributed by atoms with Crippen LogP contribution in [0.3, 0.4) is 0 Å². The molecule has 3 fully saturated rings. The van der Waals surface area contributed by atoms with Gasteiger partial charge in [-0.1, -0.05) is 6.42 Å². The first-order valence-corrected chi connectivity index (χ1v) is 9.86. The number of carbonyl (C=O) groups excluding carboxylic acids is 1. The van der Waals surface area contributed by atoms with E-state index in [-0.39, 0.29) is 11.9 Å². The first kappa shape index (κ1) is 17.8. The van der Waals surface area contributed by atoms with Crippen molar-refractivity contribution in [1.82, 2.24) is 9.80 Å². The first-order valence-electron chi connectivity index (χ1n) is 9.86. The Labute approximate surface area is 155 Å². The number of anilines is 1. The summed E-state index contributed by atoms with van der Waals surface area (Å²) in [6.07, 6.45) is 3.22. The van der Waals surface area contributed by atoms with Gasteiger partial charge in [-0.3, -0.25) is 9.69 Å². The molecule has 26 heavy (non-hydrogen) atoms. The predicted octanol–water partition coefficient (Wildman–Crippen LogP) is 1.19. The molecule has 1 N–H and O–H groups in total. The summed E-state index contributed by atoms with van der Waals surface area (Å²) in [7, 11) is 0. The lowest BCUT2D eigenvalue weighted by Crippen LogP contribution is -2.46. The Morgan fingerprint density at radius 2 is 1.65 bits per heavy atom. The van der Waals surface area contributed by atoms with E-state index in [1.54, 1.807) is 0 Å². The van der Waals surface area contributed by atoms with Crippen LogP contribution in [-0.4, -0.2) is 85.4 Å². The van der Waals surface area contributed by atoms with Gasteiger partial charge < -0.3 is 19.6 Å². The summed E-state index contributed by atoms with van der Waals surface area (Å²) in [5.74, 6) is 0.0251. The molecular formula is C20H29N3O3. The smallest absolute Gasteiger partial charge is 0.253 e. The Hall–Kier alpha value is -1.63. The Morgan fingerprint density at radius 3 is 2.35 bits per heavy atom. The number of β-amino-alcohol motifs (C(OH)–C–C–N with tert-alkyl or cyclic N) is 1. The molecule has 0 radical (unpaired) electrons. The van der Waals surface area contributed by atoms with Gasteiger partial charge in [-0.25, -0.2) is 0 Å². The van der Waals surface area contributed by atoms with E-state index in [0.717, 1.165) is 45.1 Å². The van der Waals surface area contributed by atoms with E-state index in [9.17, 15) is 9.90 Å².